The fraction of sp³-hybridized carbons (Fsp3) is 0.611. The number of nitrogens with one attached hydrogen (secondary N) is 2. The zero-order valence-corrected chi connectivity index (χ0v) is 13.1. The number of fused-ring (bicyclic) bond motifs is 1. The monoisotopic (exact) mass is 302 g/mol. The van der Waals surface area contributed by atoms with Crippen LogP contribution in [0.4, 0.5) is 0 Å². The van der Waals surface area contributed by atoms with Crippen LogP contribution >= 0.6 is 0 Å². The molecular weight excluding hydrogens is 276 g/mol. The molecule has 1 aromatic rings. The molecule has 4 nitrogen and oxygen atoms in total. The molecule has 0 spiro atoms. The summed E-state index contributed by atoms with van der Waals surface area (Å²) in [6.07, 6.45) is 7.71. The number of hydrogen-bond donors (Lipinski definition) is 3. The van der Waals surface area contributed by atoms with Crippen LogP contribution in [0, 0.1) is 0 Å². The second-order valence-corrected chi connectivity index (χ2v) is 6.65. The Morgan fingerprint density at radius 3 is 2.77 bits per heavy atom. The Bertz CT molecular complexity index is 526. The van der Waals surface area contributed by atoms with Crippen molar-refractivity contribution in [2.24, 2.45) is 0 Å². The zero-order valence-electron chi connectivity index (χ0n) is 13.1. The molecule has 4 heteroatoms. The van der Waals surface area contributed by atoms with E-state index in [1.807, 2.05) is 12.1 Å². The van der Waals surface area contributed by atoms with E-state index in [-0.39, 0.29) is 19.1 Å². The van der Waals surface area contributed by atoms with Crippen LogP contribution in [0.15, 0.2) is 24.3 Å². The topological polar surface area (TPSA) is 61.4 Å². The van der Waals surface area contributed by atoms with Crippen LogP contribution in [0.25, 0.3) is 0 Å². The molecule has 1 unspecified atom stereocenters. The van der Waals surface area contributed by atoms with Gasteiger partial charge in [0.15, 0.2) is 0 Å². The normalized spacial score (nSPS) is 25.0. The summed E-state index contributed by atoms with van der Waals surface area (Å²) in [6.45, 7) is 0.298. The van der Waals surface area contributed by atoms with Crippen molar-refractivity contribution in [3.05, 3.63) is 35.4 Å². The third-order valence-electron chi connectivity index (χ3n) is 5.18. The summed E-state index contributed by atoms with van der Waals surface area (Å²) in [5.41, 5.74) is 1.96. The van der Waals surface area contributed by atoms with Crippen molar-refractivity contribution in [2.75, 3.05) is 13.2 Å². The molecule has 0 heterocycles. The molecule has 22 heavy (non-hydrogen) atoms. The summed E-state index contributed by atoms with van der Waals surface area (Å²) < 4.78 is 0. The first-order valence-electron chi connectivity index (χ1n) is 8.47. The Balaban J connectivity index is 1.58. The average Bonchev–Trinajstić information content (AvgIpc) is 2.93. The zero-order chi connectivity index (χ0) is 15.4. The second kappa shape index (κ2) is 6.80. The molecule has 0 aliphatic heterocycles. The van der Waals surface area contributed by atoms with Gasteiger partial charge in [-0.3, -0.25) is 10.1 Å². The Hall–Kier alpha value is -1.39. The minimum Gasteiger partial charge on any atom is -0.394 e. The Labute approximate surface area is 132 Å². The van der Waals surface area contributed by atoms with Gasteiger partial charge >= 0.3 is 0 Å². The van der Waals surface area contributed by atoms with Gasteiger partial charge in [-0.05, 0) is 36.8 Å². The van der Waals surface area contributed by atoms with Gasteiger partial charge in [0.25, 0.3) is 0 Å². The number of aliphatic hydroxyl groups excluding tert-OH is 1. The third-order valence-corrected chi connectivity index (χ3v) is 5.18. The number of aryl methyl sites for hydroxylation is 1. The fourth-order valence-corrected chi connectivity index (χ4v) is 3.87. The standard InChI is InChI=1S/C18H26N2O2/c21-13-18(11-10-14-6-4-5-9-16(14)18)19-12-17(22)20-15-7-2-1-3-8-15/h4-6,9,15,19,21H,1-3,7-8,10-13H2,(H,20,22). The average molecular weight is 302 g/mol. The SMILES string of the molecule is O=C(CNC1(CO)CCc2ccccc21)NC1CCCCC1. The first-order chi connectivity index (χ1) is 10.7. The van der Waals surface area contributed by atoms with Gasteiger partial charge in [-0.1, -0.05) is 43.5 Å². The summed E-state index contributed by atoms with van der Waals surface area (Å²) >= 11 is 0. The van der Waals surface area contributed by atoms with E-state index in [4.69, 9.17) is 0 Å². The number of aliphatic hydroxyl groups is 1. The van der Waals surface area contributed by atoms with Gasteiger partial charge in [-0.2, -0.15) is 0 Å². The van der Waals surface area contributed by atoms with E-state index in [9.17, 15) is 9.90 Å². The molecule has 2 aliphatic rings. The molecule has 3 rings (SSSR count). The Kier molecular flexibility index (Phi) is 4.79. The summed E-state index contributed by atoms with van der Waals surface area (Å²) in [6, 6.07) is 8.53. The first-order valence-corrected chi connectivity index (χ1v) is 8.47. The number of carbonyl (C=O) groups is 1. The number of rotatable bonds is 5. The lowest BCUT2D eigenvalue weighted by atomic mass is 9.92. The van der Waals surface area contributed by atoms with Gasteiger partial charge in [0.1, 0.15) is 0 Å². The van der Waals surface area contributed by atoms with Crippen molar-refractivity contribution in [2.45, 2.75) is 56.5 Å². The molecule has 0 bridgehead atoms. The second-order valence-electron chi connectivity index (χ2n) is 6.65. The molecule has 2 aliphatic carbocycles. The molecule has 1 fully saturated rings. The highest BCUT2D eigenvalue weighted by Crippen LogP contribution is 2.36. The maximum atomic E-state index is 12.2. The van der Waals surface area contributed by atoms with Crippen LogP contribution in [0.1, 0.15) is 49.7 Å². The number of carbonyl (C=O) groups excluding carboxylic acids is 1. The smallest absolute Gasteiger partial charge is 0.234 e. The molecule has 1 saturated carbocycles. The Morgan fingerprint density at radius 2 is 2.00 bits per heavy atom. The highest BCUT2D eigenvalue weighted by molar-refractivity contribution is 5.78. The van der Waals surface area contributed by atoms with E-state index in [1.165, 1.54) is 24.8 Å². The minimum absolute atomic E-state index is 0.0285. The summed E-state index contributed by atoms with van der Waals surface area (Å²) in [5.74, 6) is 0.0455. The van der Waals surface area contributed by atoms with E-state index in [0.29, 0.717) is 6.04 Å². The lowest BCUT2D eigenvalue weighted by molar-refractivity contribution is -0.121. The third kappa shape index (κ3) is 3.18. The largest absolute Gasteiger partial charge is 0.394 e. The molecule has 1 amide bonds. The molecule has 1 atom stereocenters. The number of amides is 1. The van der Waals surface area contributed by atoms with Gasteiger partial charge in [0.05, 0.1) is 18.7 Å². The van der Waals surface area contributed by atoms with Crippen molar-refractivity contribution in [3.63, 3.8) is 0 Å². The lowest BCUT2D eigenvalue weighted by Gasteiger charge is -2.30. The quantitative estimate of drug-likeness (QED) is 0.778. The van der Waals surface area contributed by atoms with E-state index in [1.54, 1.807) is 0 Å². The van der Waals surface area contributed by atoms with Crippen molar-refractivity contribution in [3.8, 4) is 0 Å². The van der Waals surface area contributed by atoms with Crippen LogP contribution in [-0.4, -0.2) is 30.2 Å². The van der Waals surface area contributed by atoms with Crippen LogP contribution < -0.4 is 10.6 Å². The van der Waals surface area contributed by atoms with Crippen LogP contribution in [0.5, 0.6) is 0 Å². The van der Waals surface area contributed by atoms with Gasteiger partial charge in [0, 0.05) is 6.04 Å². The van der Waals surface area contributed by atoms with Gasteiger partial charge < -0.3 is 10.4 Å². The van der Waals surface area contributed by atoms with Crippen molar-refractivity contribution < 1.29 is 9.90 Å². The van der Waals surface area contributed by atoms with Crippen LogP contribution in [0.3, 0.4) is 0 Å². The van der Waals surface area contributed by atoms with Gasteiger partial charge in [0.2, 0.25) is 5.91 Å². The molecule has 0 radical (unpaired) electrons. The fourth-order valence-electron chi connectivity index (χ4n) is 3.87. The first kappa shape index (κ1) is 15.5. The highest BCUT2D eigenvalue weighted by Gasteiger charge is 2.38. The highest BCUT2D eigenvalue weighted by atomic mass is 16.3. The van der Waals surface area contributed by atoms with E-state index >= 15 is 0 Å². The molecule has 120 valence electrons. The van der Waals surface area contributed by atoms with E-state index < -0.39 is 5.54 Å². The molecule has 0 aromatic heterocycles. The van der Waals surface area contributed by atoms with E-state index in [0.717, 1.165) is 31.2 Å². The summed E-state index contributed by atoms with van der Waals surface area (Å²) in [7, 11) is 0. The molecular formula is C18H26N2O2. The molecule has 3 N–H and O–H groups in total. The van der Waals surface area contributed by atoms with Crippen LogP contribution in [-0.2, 0) is 16.8 Å². The molecule has 0 saturated heterocycles. The molecule has 1 aromatic carbocycles. The van der Waals surface area contributed by atoms with Gasteiger partial charge in [-0.25, -0.2) is 0 Å². The predicted octanol–water partition coefficient (Wildman–Crippen LogP) is 1.86. The summed E-state index contributed by atoms with van der Waals surface area (Å²) in [4.78, 5) is 12.2. The Morgan fingerprint density at radius 1 is 1.23 bits per heavy atom. The minimum atomic E-state index is -0.458. The maximum Gasteiger partial charge on any atom is 0.234 e. The predicted molar refractivity (Wildman–Crippen MR) is 86.5 cm³/mol. The lowest BCUT2D eigenvalue weighted by Crippen LogP contribution is -2.49. The van der Waals surface area contributed by atoms with Crippen molar-refractivity contribution in [1.29, 1.82) is 0 Å². The number of hydrogen-bond acceptors (Lipinski definition) is 3. The number of benzene rings is 1. The van der Waals surface area contributed by atoms with Crippen molar-refractivity contribution >= 4 is 5.91 Å². The van der Waals surface area contributed by atoms with Gasteiger partial charge in [-0.15, -0.1) is 0 Å². The summed E-state index contributed by atoms with van der Waals surface area (Å²) in [5, 5.41) is 16.4. The maximum absolute atomic E-state index is 12.2. The van der Waals surface area contributed by atoms with Crippen LogP contribution in [0.2, 0.25) is 0 Å². The van der Waals surface area contributed by atoms with E-state index in [2.05, 4.69) is 22.8 Å². The van der Waals surface area contributed by atoms with Crippen molar-refractivity contribution in [1.82, 2.24) is 10.6 Å².